The van der Waals surface area contributed by atoms with Crippen LogP contribution < -0.4 is 5.32 Å². The third kappa shape index (κ3) is 1.50. The summed E-state index contributed by atoms with van der Waals surface area (Å²) in [5.41, 5.74) is 0.298. The molecule has 3 rings (SSSR count). The summed E-state index contributed by atoms with van der Waals surface area (Å²) in [6, 6.07) is 0. The van der Waals surface area contributed by atoms with Gasteiger partial charge in [0.2, 0.25) is 5.91 Å². The van der Waals surface area contributed by atoms with Crippen molar-refractivity contribution in [2.45, 2.75) is 37.6 Å². The molecule has 1 unspecified atom stereocenters. The Morgan fingerprint density at radius 3 is 2.75 bits per heavy atom. The van der Waals surface area contributed by atoms with Crippen LogP contribution in [0.4, 0.5) is 0 Å². The zero-order chi connectivity index (χ0) is 11.1. The minimum atomic E-state index is 0.0652. The third-order valence-corrected chi connectivity index (χ3v) is 5.90. The maximum absolute atomic E-state index is 11.8. The zero-order valence-electron chi connectivity index (χ0n) is 9.59. The van der Waals surface area contributed by atoms with Gasteiger partial charge in [0.15, 0.2) is 0 Å². The second-order valence-corrected chi connectivity index (χ2v) is 6.46. The number of hydrogen-bond acceptors (Lipinski definition) is 3. The first kappa shape index (κ1) is 10.9. The Labute approximate surface area is 101 Å². The van der Waals surface area contributed by atoms with E-state index in [1.54, 1.807) is 0 Å². The van der Waals surface area contributed by atoms with Crippen molar-refractivity contribution in [2.24, 2.45) is 5.41 Å². The van der Waals surface area contributed by atoms with Crippen molar-refractivity contribution in [1.29, 1.82) is 0 Å². The molecule has 4 heteroatoms. The second-order valence-electron chi connectivity index (χ2n) is 5.36. The van der Waals surface area contributed by atoms with Gasteiger partial charge in [0, 0.05) is 30.8 Å². The molecule has 3 fully saturated rings. The van der Waals surface area contributed by atoms with Gasteiger partial charge in [-0.05, 0) is 31.4 Å². The number of fused-ring (bicyclic) bond motifs is 1. The van der Waals surface area contributed by atoms with Crippen LogP contribution in [-0.2, 0) is 9.53 Å². The first-order chi connectivity index (χ1) is 7.77. The first-order valence-electron chi connectivity index (χ1n) is 6.23. The Morgan fingerprint density at radius 2 is 2.06 bits per heavy atom. The molecule has 0 aromatic rings. The smallest absolute Gasteiger partial charge is 0.221 e. The van der Waals surface area contributed by atoms with Crippen LogP contribution >= 0.6 is 11.8 Å². The normalized spacial score (nSPS) is 37.9. The van der Waals surface area contributed by atoms with Crippen LogP contribution in [0, 0.1) is 5.41 Å². The van der Waals surface area contributed by atoms with Crippen LogP contribution in [-0.4, -0.2) is 36.2 Å². The van der Waals surface area contributed by atoms with Crippen molar-refractivity contribution < 1.29 is 9.53 Å². The summed E-state index contributed by atoms with van der Waals surface area (Å²) in [6.07, 6.45) is 5.26. The maximum atomic E-state index is 11.8. The van der Waals surface area contributed by atoms with Gasteiger partial charge in [0.25, 0.3) is 0 Å². The fraction of sp³-hybridized carbons (Fsp3) is 0.917. The average Bonchev–Trinajstić information content (AvgIpc) is 2.53. The minimum Gasteiger partial charge on any atom is -0.381 e. The monoisotopic (exact) mass is 241 g/mol. The van der Waals surface area contributed by atoms with Gasteiger partial charge in [0.1, 0.15) is 0 Å². The van der Waals surface area contributed by atoms with Crippen molar-refractivity contribution >= 4 is 17.7 Å². The van der Waals surface area contributed by atoms with Gasteiger partial charge in [-0.2, -0.15) is 11.8 Å². The summed E-state index contributed by atoms with van der Waals surface area (Å²) in [4.78, 5) is 11.8. The van der Waals surface area contributed by atoms with Crippen molar-refractivity contribution in [1.82, 2.24) is 5.32 Å². The van der Waals surface area contributed by atoms with Crippen LogP contribution in [0.3, 0.4) is 0 Å². The number of carbonyl (C=O) groups excluding carboxylic acids is 1. The molecule has 16 heavy (non-hydrogen) atoms. The van der Waals surface area contributed by atoms with Gasteiger partial charge in [-0.25, -0.2) is 0 Å². The Kier molecular flexibility index (Phi) is 2.67. The van der Waals surface area contributed by atoms with Crippen LogP contribution in [0.25, 0.3) is 0 Å². The van der Waals surface area contributed by atoms with Crippen molar-refractivity contribution in [2.75, 3.05) is 24.7 Å². The highest BCUT2D eigenvalue weighted by Gasteiger charge is 2.58. The summed E-state index contributed by atoms with van der Waals surface area (Å²) >= 11 is 2.03. The number of carbonyl (C=O) groups is 1. The first-order valence-corrected chi connectivity index (χ1v) is 7.38. The average molecular weight is 241 g/mol. The van der Waals surface area contributed by atoms with Gasteiger partial charge < -0.3 is 10.1 Å². The molecule has 90 valence electrons. The molecule has 3 nitrogen and oxygen atoms in total. The Bertz CT molecular complexity index is 265. The second kappa shape index (κ2) is 3.91. The molecule has 3 aliphatic heterocycles. The number of hydrogen-bond donors (Lipinski definition) is 1. The predicted molar refractivity (Wildman–Crippen MR) is 64.5 cm³/mol. The van der Waals surface area contributed by atoms with E-state index in [4.69, 9.17) is 4.74 Å². The lowest BCUT2D eigenvalue weighted by Crippen LogP contribution is -2.57. The molecule has 0 saturated carbocycles. The molecule has 1 amide bonds. The van der Waals surface area contributed by atoms with Crippen LogP contribution in [0.15, 0.2) is 0 Å². The standard InChI is InChI=1S/C12H19NO2S/c14-10-8-11(2-1-7-16-9-11)12(13-10)3-5-15-6-4-12/h1-9H2,(H,13,14). The quantitative estimate of drug-likeness (QED) is 0.699. The zero-order valence-corrected chi connectivity index (χ0v) is 10.4. The summed E-state index contributed by atoms with van der Waals surface area (Å²) in [7, 11) is 0. The van der Waals surface area contributed by atoms with Gasteiger partial charge in [-0.15, -0.1) is 0 Å². The Hall–Kier alpha value is -0.220. The Balaban J connectivity index is 1.91. The summed E-state index contributed by atoms with van der Waals surface area (Å²) in [5, 5.41) is 3.30. The van der Waals surface area contributed by atoms with Crippen LogP contribution in [0.2, 0.25) is 0 Å². The van der Waals surface area contributed by atoms with Crippen LogP contribution in [0.1, 0.15) is 32.1 Å². The molecule has 3 heterocycles. The molecule has 0 radical (unpaired) electrons. The van der Waals surface area contributed by atoms with Crippen molar-refractivity contribution in [3.8, 4) is 0 Å². The highest BCUT2D eigenvalue weighted by Crippen LogP contribution is 2.53. The number of ether oxygens (including phenoxy) is 1. The number of thioether (sulfide) groups is 1. The third-order valence-electron chi connectivity index (χ3n) is 4.56. The van der Waals surface area contributed by atoms with Crippen molar-refractivity contribution in [3.63, 3.8) is 0 Å². The number of rotatable bonds is 0. The molecule has 0 bridgehead atoms. The van der Waals surface area contributed by atoms with E-state index in [1.165, 1.54) is 18.6 Å². The fourth-order valence-corrected chi connectivity index (χ4v) is 5.07. The van der Waals surface area contributed by atoms with E-state index in [9.17, 15) is 4.79 Å². The van der Waals surface area contributed by atoms with E-state index in [2.05, 4.69) is 5.32 Å². The molecule has 0 aliphatic carbocycles. The van der Waals surface area contributed by atoms with E-state index in [0.717, 1.165) is 38.2 Å². The maximum Gasteiger partial charge on any atom is 0.221 e. The highest BCUT2D eigenvalue weighted by atomic mass is 32.2. The summed E-state index contributed by atoms with van der Waals surface area (Å²) in [6.45, 7) is 1.62. The highest BCUT2D eigenvalue weighted by molar-refractivity contribution is 7.99. The number of nitrogens with one attached hydrogen (secondary N) is 1. The van der Waals surface area contributed by atoms with Gasteiger partial charge in [-0.1, -0.05) is 0 Å². The van der Waals surface area contributed by atoms with E-state index >= 15 is 0 Å². The van der Waals surface area contributed by atoms with E-state index in [-0.39, 0.29) is 16.9 Å². The molecular weight excluding hydrogens is 222 g/mol. The van der Waals surface area contributed by atoms with Gasteiger partial charge in [0.05, 0.1) is 5.54 Å². The fourth-order valence-electron chi connectivity index (χ4n) is 3.66. The molecule has 1 atom stereocenters. The topological polar surface area (TPSA) is 38.3 Å². The largest absolute Gasteiger partial charge is 0.381 e. The molecule has 1 N–H and O–H groups in total. The van der Waals surface area contributed by atoms with Crippen LogP contribution in [0.5, 0.6) is 0 Å². The SMILES string of the molecule is O=C1CC2(CCCSC2)C2(CCOCC2)N1. The molecule has 3 saturated heterocycles. The molecule has 0 aromatic carbocycles. The molecular formula is C12H19NO2S. The van der Waals surface area contributed by atoms with Crippen molar-refractivity contribution in [3.05, 3.63) is 0 Å². The Morgan fingerprint density at radius 1 is 1.25 bits per heavy atom. The molecule has 0 aromatic heterocycles. The molecule has 2 spiro atoms. The summed E-state index contributed by atoms with van der Waals surface area (Å²) in [5.74, 6) is 2.69. The summed E-state index contributed by atoms with van der Waals surface area (Å²) < 4.78 is 5.47. The van der Waals surface area contributed by atoms with Gasteiger partial charge in [-0.3, -0.25) is 4.79 Å². The molecule has 3 aliphatic rings. The van der Waals surface area contributed by atoms with Gasteiger partial charge >= 0.3 is 0 Å². The predicted octanol–water partition coefficient (Wildman–Crippen LogP) is 1.57. The van der Waals surface area contributed by atoms with E-state index < -0.39 is 0 Å². The van der Waals surface area contributed by atoms with E-state index in [0.29, 0.717) is 0 Å². The minimum absolute atomic E-state index is 0.0652. The lowest BCUT2D eigenvalue weighted by molar-refractivity contribution is -0.120. The van der Waals surface area contributed by atoms with E-state index in [1.807, 2.05) is 11.8 Å². The number of amides is 1. The lowest BCUT2D eigenvalue weighted by Gasteiger charge is -2.49. The lowest BCUT2D eigenvalue weighted by atomic mass is 9.65.